The van der Waals surface area contributed by atoms with E-state index < -0.39 is 0 Å². The summed E-state index contributed by atoms with van der Waals surface area (Å²) in [7, 11) is 8.18. The fourth-order valence-corrected chi connectivity index (χ4v) is 1.75. The van der Waals surface area contributed by atoms with Crippen molar-refractivity contribution in [2.24, 2.45) is 0 Å². The Balaban J connectivity index is 2.61. The lowest BCUT2D eigenvalue weighted by atomic mass is 10.1. The second-order valence-corrected chi connectivity index (χ2v) is 5.69. The SMILES string of the molecule is Cc1cc(OCCN(C)C)c(C)cc1OCCN(C)C. The molecule has 114 valence electrons. The molecule has 0 spiro atoms. The van der Waals surface area contributed by atoms with Crippen LogP contribution in [0.5, 0.6) is 11.5 Å². The zero-order chi connectivity index (χ0) is 15.1. The molecule has 0 aromatic heterocycles. The third kappa shape index (κ3) is 5.80. The van der Waals surface area contributed by atoms with Crippen molar-refractivity contribution in [1.82, 2.24) is 9.80 Å². The third-order valence-electron chi connectivity index (χ3n) is 3.06. The summed E-state index contributed by atoms with van der Waals surface area (Å²) in [5, 5.41) is 0. The minimum atomic E-state index is 0.702. The Labute approximate surface area is 123 Å². The molecule has 20 heavy (non-hydrogen) atoms. The summed E-state index contributed by atoms with van der Waals surface area (Å²) < 4.78 is 11.6. The number of aryl methyl sites for hydroxylation is 2. The molecule has 0 radical (unpaired) electrons. The Hall–Kier alpha value is -1.26. The first-order valence-corrected chi connectivity index (χ1v) is 7.06. The monoisotopic (exact) mass is 280 g/mol. The van der Waals surface area contributed by atoms with Gasteiger partial charge in [-0.05, 0) is 65.3 Å². The van der Waals surface area contributed by atoms with Gasteiger partial charge in [0.15, 0.2) is 0 Å². The van der Waals surface area contributed by atoms with Crippen LogP contribution >= 0.6 is 0 Å². The van der Waals surface area contributed by atoms with E-state index in [1.807, 2.05) is 28.2 Å². The van der Waals surface area contributed by atoms with E-state index in [0.717, 1.165) is 35.7 Å². The van der Waals surface area contributed by atoms with E-state index in [9.17, 15) is 0 Å². The summed E-state index contributed by atoms with van der Waals surface area (Å²) in [5.41, 5.74) is 2.24. The van der Waals surface area contributed by atoms with Crippen LogP contribution in [0.2, 0.25) is 0 Å². The molecule has 0 amide bonds. The average molecular weight is 280 g/mol. The van der Waals surface area contributed by atoms with Crippen molar-refractivity contribution in [3.8, 4) is 11.5 Å². The number of nitrogens with zero attached hydrogens (tertiary/aromatic N) is 2. The molecule has 0 saturated heterocycles. The number of benzene rings is 1. The third-order valence-corrected chi connectivity index (χ3v) is 3.06. The second-order valence-electron chi connectivity index (χ2n) is 5.69. The van der Waals surface area contributed by atoms with Crippen LogP contribution in [0.15, 0.2) is 12.1 Å². The zero-order valence-electron chi connectivity index (χ0n) is 13.7. The maximum absolute atomic E-state index is 5.82. The van der Waals surface area contributed by atoms with Crippen molar-refractivity contribution in [1.29, 1.82) is 0 Å². The fraction of sp³-hybridized carbons (Fsp3) is 0.625. The first-order chi connectivity index (χ1) is 9.40. The van der Waals surface area contributed by atoms with Crippen molar-refractivity contribution in [3.63, 3.8) is 0 Å². The van der Waals surface area contributed by atoms with Crippen molar-refractivity contribution in [2.45, 2.75) is 13.8 Å². The van der Waals surface area contributed by atoms with Crippen LogP contribution in [0.25, 0.3) is 0 Å². The number of likely N-dealkylation sites (N-methyl/N-ethyl adjacent to an activating group) is 2. The standard InChI is InChI=1S/C16H28N2O2/c1-13-11-16(20-10-8-18(5)6)14(2)12-15(13)19-9-7-17(3)4/h11-12H,7-10H2,1-6H3. The van der Waals surface area contributed by atoms with Crippen LogP contribution in [0.1, 0.15) is 11.1 Å². The van der Waals surface area contributed by atoms with Gasteiger partial charge < -0.3 is 19.3 Å². The van der Waals surface area contributed by atoms with Crippen LogP contribution in [0.4, 0.5) is 0 Å². The van der Waals surface area contributed by atoms with E-state index in [1.54, 1.807) is 0 Å². The van der Waals surface area contributed by atoms with Gasteiger partial charge in [0.2, 0.25) is 0 Å². The van der Waals surface area contributed by atoms with Gasteiger partial charge in [-0.3, -0.25) is 0 Å². The predicted octanol–water partition coefficient (Wildman–Crippen LogP) is 2.18. The fourth-order valence-electron chi connectivity index (χ4n) is 1.75. The molecule has 0 saturated carbocycles. The number of rotatable bonds is 8. The molecule has 0 N–H and O–H groups in total. The molecule has 4 heteroatoms. The van der Waals surface area contributed by atoms with Crippen LogP contribution in [0.3, 0.4) is 0 Å². The van der Waals surface area contributed by atoms with E-state index in [2.05, 4.69) is 35.8 Å². The molecule has 0 aliphatic carbocycles. The zero-order valence-corrected chi connectivity index (χ0v) is 13.7. The van der Waals surface area contributed by atoms with Gasteiger partial charge in [0.1, 0.15) is 24.7 Å². The van der Waals surface area contributed by atoms with E-state index >= 15 is 0 Å². The maximum Gasteiger partial charge on any atom is 0.122 e. The average Bonchev–Trinajstić information content (AvgIpc) is 2.33. The number of ether oxygens (including phenoxy) is 2. The van der Waals surface area contributed by atoms with E-state index in [4.69, 9.17) is 9.47 Å². The van der Waals surface area contributed by atoms with Gasteiger partial charge in [0, 0.05) is 13.1 Å². The molecule has 0 aliphatic rings. The Morgan fingerprint density at radius 3 is 1.40 bits per heavy atom. The van der Waals surface area contributed by atoms with Crippen molar-refractivity contribution in [2.75, 3.05) is 54.5 Å². The molecule has 0 aliphatic heterocycles. The Bertz CT molecular complexity index is 377. The molecular formula is C16H28N2O2. The van der Waals surface area contributed by atoms with E-state index in [-0.39, 0.29) is 0 Å². The minimum Gasteiger partial charge on any atom is -0.492 e. The molecule has 4 nitrogen and oxygen atoms in total. The smallest absolute Gasteiger partial charge is 0.122 e. The molecular weight excluding hydrogens is 252 g/mol. The largest absolute Gasteiger partial charge is 0.492 e. The van der Waals surface area contributed by atoms with E-state index in [0.29, 0.717) is 13.2 Å². The second kappa shape index (κ2) is 8.12. The highest BCUT2D eigenvalue weighted by atomic mass is 16.5. The summed E-state index contributed by atoms with van der Waals surface area (Å²) in [6.07, 6.45) is 0. The lowest BCUT2D eigenvalue weighted by Gasteiger charge is -2.16. The molecule has 1 rings (SSSR count). The first-order valence-electron chi connectivity index (χ1n) is 7.06. The van der Waals surface area contributed by atoms with Gasteiger partial charge in [-0.15, -0.1) is 0 Å². The first kappa shape index (κ1) is 16.8. The van der Waals surface area contributed by atoms with Gasteiger partial charge in [-0.1, -0.05) is 0 Å². The number of hydrogen-bond acceptors (Lipinski definition) is 4. The van der Waals surface area contributed by atoms with Crippen LogP contribution < -0.4 is 9.47 Å². The Morgan fingerprint density at radius 2 is 1.10 bits per heavy atom. The van der Waals surface area contributed by atoms with Gasteiger partial charge in [-0.25, -0.2) is 0 Å². The van der Waals surface area contributed by atoms with Crippen LogP contribution in [0, 0.1) is 13.8 Å². The molecule has 1 aromatic rings. The van der Waals surface area contributed by atoms with Crippen molar-refractivity contribution in [3.05, 3.63) is 23.3 Å². The van der Waals surface area contributed by atoms with Crippen LogP contribution in [-0.4, -0.2) is 64.3 Å². The quantitative estimate of drug-likeness (QED) is 0.729. The summed E-state index contributed by atoms with van der Waals surface area (Å²) in [5.74, 6) is 1.90. The minimum absolute atomic E-state index is 0.702. The topological polar surface area (TPSA) is 24.9 Å². The lowest BCUT2D eigenvalue weighted by Crippen LogP contribution is -2.20. The molecule has 0 atom stereocenters. The summed E-state index contributed by atoms with van der Waals surface area (Å²) in [4.78, 5) is 4.22. The highest BCUT2D eigenvalue weighted by molar-refractivity contribution is 5.45. The lowest BCUT2D eigenvalue weighted by molar-refractivity contribution is 0.253. The molecule has 0 heterocycles. The van der Waals surface area contributed by atoms with Gasteiger partial charge in [0.25, 0.3) is 0 Å². The van der Waals surface area contributed by atoms with Gasteiger partial charge in [0.05, 0.1) is 0 Å². The molecule has 0 unspecified atom stereocenters. The normalized spacial score (nSPS) is 11.2. The summed E-state index contributed by atoms with van der Waals surface area (Å²) >= 11 is 0. The molecule has 1 aromatic carbocycles. The Kier molecular flexibility index (Phi) is 6.82. The highest BCUT2D eigenvalue weighted by Gasteiger charge is 2.07. The van der Waals surface area contributed by atoms with E-state index in [1.165, 1.54) is 0 Å². The van der Waals surface area contributed by atoms with Crippen LogP contribution in [-0.2, 0) is 0 Å². The summed E-state index contributed by atoms with van der Waals surface area (Å²) in [6, 6.07) is 4.13. The summed E-state index contributed by atoms with van der Waals surface area (Å²) in [6.45, 7) is 7.36. The predicted molar refractivity (Wildman–Crippen MR) is 84.0 cm³/mol. The van der Waals surface area contributed by atoms with Crippen molar-refractivity contribution < 1.29 is 9.47 Å². The Morgan fingerprint density at radius 1 is 0.750 bits per heavy atom. The number of hydrogen-bond donors (Lipinski definition) is 0. The van der Waals surface area contributed by atoms with Crippen molar-refractivity contribution >= 4 is 0 Å². The molecule has 0 bridgehead atoms. The molecule has 0 fully saturated rings. The van der Waals surface area contributed by atoms with Gasteiger partial charge in [-0.2, -0.15) is 0 Å². The van der Waals surface area contributed by atoms with Gasteiger partial charge >= 0.3 is 0 Å². The highest BCUT2D eigenvalue weighted by Crippen LogP contribution is 2.27. The maximum atomic E-state index is 5.82.